The van der Waals surface area contributed by atoms with Crippen molar-refractivity contribution < 1.29 is 17.5 Å². The third kappa shape index (κ3) is 4.15. The number of pyridine rings is 1. The maximum Gasteiger partial charge on any atom is 0.243 e. The molecular weight excluding hydrogens is 431 g/mol. The van der Waals surface area contributed by atoms with Crippen molar-refractivity contribution in [1.82, 2.24) is 9.29 Å². The second-order valence-electron chi connectivity index (χ2n) is 7.99. The molecule has 0 spiro atoms. The molecule has 0 unspecified atom stereocenters. The van der Waals surface area contributed by atoms with Gasteiger partial charge in [0.05, 0.1) is 23.6 Å². The fourth-order valence-electron chi connectivity index (χ4n) is 4.21. The van der Waals surface area contributed by atoms with Crippen LogP contribution in [0.1, 0.15) is 0 Å². The summed E-state index contributed by atoms with van der Waals surface area (Å²) in [6.45, 7) is 4.85. The zero-order chi connectivity index (χ0) is 22.1. The van der Waals surface area contributed by atoms with Crippen LogP contribution in [0.5, 0.6) is 0 Å². The minimum Gasteiger partial charge on any atom is -0.379 e. The van der Waals surface area contributed by atoms with E-state index in [1.54, 1.807) is 18.2 Å². The van der Waals surface area contributed by atoms with E-state index in [9.17, 15) is 12.8 Å². The van der Waals surface area contributed by atoms with E-state index in [0.717, 1.165) is 48.6 Å². The molecule has 2 aliphatic rings. The Labute approximate surface area is 187 Å². The van der Waals surface area contributed by atoms with Gasteiger partial charge in [0.15, 0.2) is 0 Å². The Bertz CT molecular complexity index is 1210. The van der Waals surface area contributed by atoms with Crippen molar-refractivity contribution in [3.63, 3.8) is 0 Å². The summed E-state index contributed by atoms with van der Waals surface area (Å²) in [7, 11) is -3.53. The molecule has 5 rings (SSSR count). The fraction of sp³-hybridized carbons (Fsp3) is 0.348. The Balaban J connectivity index is 1.31. The van der Waals surface area contributed by atoms with E-state index in [0.29, 0.717) is 26.3 Å². The van der Waals surface area contributed by atoms with Crippen LogP contribution in [0.3, 0.4) is 0 Å². The summed E-state index contributed by atoms with van der Waals surface area (Å²) in [6.07, 6.45) is 0. The molecule has 0 saturated carbocycles. The molecule has 2 aliphatic heterocycles. The van der Waals surface area contributed by atoms with Crippen LogP contribution in [0, 0.1) is 5.82 Å². The lowest BCUT2D eigenvalue weighted by Crippen LogP contribution is -2.46. The van der Waals surface area contributed by atoms with Crippen molar-refractivity contribution in [3.05, 3.63) is 60.4 Å². The van der Waals surface area contributed by atoms with Gasteiger partial charge in [0.2, 0.25) is 10.0 Å². The number of halogens is 1. The molecule has 0 N–H and O–H groups in total. The van der Waals surface area contributed by atoms with Gasteiger partial charge in [-0.1, -0.05) is 0 Å². The molecule has 3 aromatic rings. The molecule has 0 bridgehead atoms. The number of sulfonamides is 1. The lowest BCUT2D eigenvalue weighted by Gasteiger charge is -2.36. The molecule has 0 radical (unpaired) electrons. The molecular formula is C23H25FN4O3S. The molecule has 7 nitrogen and oxygen atoms in total. The van der Waals surface area contributed by atoms with Gasteiger partial charge in [-0.05, 0) is 54.6 Å². The van der Waals surface area contributed by atoms with Crippen molar-refractivity contribution >= 4 is 32.4 Å². The SMILES string of the molecule is O=S(=O)(c1ccc2nc(N3CCN(c4ccc(F)cc4)CC3)ccc2c1)N1CCOCC1. The molecule has 2 aromatic carbocycles. The Morgan fingerprint density at radius 1 is 0.812 bits per heavy atom. The topological polar surface area (TPSA) is 66.0 Å². The van der Waals surface area contributed by atoms with E-state index >= 15 is 0 Å². The number of fused-ring (bicyclic) bond motifs is 1. The normalized spacial score (nSPS) is 18.3. The standard InChI is InChI=1S/C23H25FN4O3S/c24-19-2-4-20(5-3-19)26-9-11-27(12-10-26)23-8-1-18-17-21(6-7-22(18)25-23)32(29,30)28-13-15-31-16-14-28/h1-8,17H,9-16H2. The van der Waals surface area contributed by atoms with E-state index in [1.165, 1.54) is 16.4 Å². The van der Waals surface area contributed by atoms with Crippen LogP contribution in [0.25, 0.3) is 10.9 Å². The van der Waals surface area contributed by atoms with Gasteiger partial charge in [-0.3, -0.25) is 0 Å². The highest BCUT2D eigenvalue weighted by Crippen LogP contribution is 2.25. The molecule has 32 heavy (non-hydrogen) atoms. The lowest BCUT2D eigenvalue weighted by molar-refractivity contribution is 0.0730. The average molecular weight is 457 g/mol. The largest absolute Gasteiger partial charge is 0.379 e. The van der Waals surface area contributed by atoms with Gasteiger partial charge in [0.25, 0.3) is 0 Å². The zero-order valence-electron chi connectivity index (χ0n) is 17.7. The van der Waals surface area contributed by atoms with Gasteiger partial charge >= 0.3 is 0 Å². The first-order valence-corrected chi connectivity index (χ1v) is 12.2. The Morgan fingerprint density at radius 2 is 1.50 bits per heavy atom. The smallest absolute Gasteiger partial charge is 0.243 e. The second kappa shape index (κ2) is 8.65. The van der Waals surface area contributed by atoms with Crippen LogP contribution in [0.4, 0.5) is 15.9 Å². The van der Waals surface area contributed by atoms with Crippen LogP contribution in [0.2, 0.25) is 0 Å². The summed E-state index contributed by atoms with van der Waals surface area (Å²) in [5, 5.41) is 0.799. The number of piperazine rings is 1. The Morgan fingerprint density at radius 3 is 2.22 bits per heavy atom. The quantitative estimate of drug-likeness (QED) is 0.602. The first-order chi connectivity index (χ1) is 15.5. The molecule has 9 heteroatoms. The van der Waals surface area contributed by atoms with Gasteiger partial charge in [0.1, 0.15) is 11.6 Å². The zero-order valence-corrected chi connectivity index (χ0v) is 18.5. The molecule has 1 aromatic heterocycles. The highest BCUT2D eigenvalue weighted by Gasteiger charge is 2.26. The predicted octanol–water partition coefficient (Wildman–Crippen LogP) is 2.72. The Kier molecular flexibility index (Phi) is 5.71. The average Bonchev–Trinajstić information content (AvgIpc) is 2.84. The number of rotatable bonds is 4. The van der Waals surface area contributed by atoms with Crippen LogP contribution in [-0.2, 0) is 14.8 Å². The second-order valence-corrected chi connectivity index (χ2v) is 9.93. The minimum atomic E-state index is -3.53. The number of ether oxygens (including phenoxy) is 1. The van der Waals surface area contributed by atoms with Crippen LogP contribution < -0.4 is 9.80 Å². The number of aromatic nitrogens is 1. The van der Waals surface area contributed by atoms with Crippen LogP contribution >= 0.6 is 0 Å². The number of anilines is 2. The molecule has 2 saturated heterocycles. The first kappa shape index (κ1) is 21.1. The predicted molar refractivity (Wildman–Crippen MR) is 122 cm³/mol. The van der Waals surface area contributed by atoms with E-state index in [1.807, 2.05) is 24.3 Å². The van der Waals surface area contributed by atoms with Crippen molar-refractivity contribution in [2.75, 3.05) is 62.3 Å². The van der Waals surface area contributed by atoms with Gasteiger partial charge in [-0.2, -0.15) is 4.31 Å². The summed E-state index contributed by atoms with van der Waals surface area (Å²) >= 11 is 0. The van der Waals surface area contributed by atoms with Gasteiger partial charge in [-0.15, -0.1) is 0 Å². The summed E-state index contributed by atoms with van der Waals surface area (Å²) in [5.41, 5.74) is 1.79. The highest BCUT2D eigenvalue weighted by atomic mass is 32.2. The maximum absolute atomic E-state index is 13.2. The number of hydrogen-bond donors (Lipinski definition) is 0. The number of hydrogen-bond acceptors (Lipinski definition) is 6. The van der Waals surface area contributed by atoms with E-state index in [4.69, 9.17) is 9.72 Å². The first-order valence-electron chi connectivity index (χ1n) is 10.7. The minimum absolute atomic E-state index is 0.228. The van der Waals surface area contributed by atoms with Crippen molar-refractivity contribution in [3.8, 4) is 0 Å². The molecule has 168 valence electrons. The van der Waals surface area contributed by atoms with E-state index in [2.05, 4.69) is 9.80 Å². The monoisotopic (exact) mass is 456 g/mol. The van der Waals surface area contributed by atoms with E-state index < -0.39 is 10.0 Å². The summed E-state index contributed by atoms with van der Waals surface area (Å²) in [6, 6.07) is 15.6. The molecule has 0 atom stereocenters. The number of nitrogens with zero attached hydrogens (tertiary/aromatic N) is 4. The number of benzene rings is 2. The summed E-state index contributed by atoms with van der Waals surface area (Å²) < 4.78 is 45.8. The van der Waals surface area contributed by atoms with Crippen molar-refractivity contribution in [1.29, 1.82) is 0 Å². The fourth-order valence-corrected chi connectivity index (χ4v) is 5.66. The molecule has 2 fully saturated rings. The third-order valence-electron chi connectivity index (χ3n) is 6.05. The maximum atomic E-state index is 13.2. The molecule has 0 aliphatic carbocycles. The van der Waals surface area contributed by atoms with Crippen LogP contribution in [0.15, 0.2) is 59.5 Å². The van der Waals surface area contributed by atoms with Gasteiger partial charge < -0.3 is 14.5 Å². The lowest BCUT2D eigenvalue weighted by atomic mass is 10.2. The summed E-state index contributed by atoms with van der Waals surface area (Å²) in [5.74, 6) is 0.647. The molecule has 0 amide bonds. The summed E-state index contributed by atoms with van der Waals surface area (Å²) in [4.78, 5) is 9.52. The van der Waals surface area contributed by atoms with Crippen LogP contribution in [-0.4, -0.2) is 70.2 Å². The Hall–Kier alpha value is -2.75. The van der Waals surface area contributed by atoms with Crippen molar-refractivity contribution in [2.24, 2.45) is 0 Å². The van der Waals surface area contributed by atoms with Gasteiger partial charge in [0, 0.05) is 50.3 Å². The highest BCUT2D eigenvalue weighted by molar-refractivity contribution is 7.89. The van der Waals surface area contributed by atoms with Gasteiger partial charge in [-0.25, -0.2) is 17.8 Å². The van der Waals surface area contributed by atoms with E-state index in [-0.39, 0.29) is 10.7 Å². The number of morpholine rings is 1. The molecule has 3 heterocycles. The third-order valence-corrected chi connectivity index (χ3v) is 7.94. The van der Waals surface area contributed by atoms with Crippen molar-refractivity contribution in [2.45, 2.75) is 4.90 Å².